The normalized spacial score (nSPS) is 12.5. The van der Waals surface area contributed by atoms with Crippen LogP contribution in [0.3, 0.4) is 0 Å². The molecule has 78 valence electrons. The Hall–Kier alpha value is -0.610. The van der Waals surface area contributed by atoms with Crippen LogP contribution in [0.15, 0.2) is 12.3 Å². The Balaban J connectivity index is 2.59. The summed E-state index contributed by atoms with van der Waals surface area (Å²) < 4.78 is 10.8. The minimum Gasteiger partial charge on any atom is -0.368 e. The first-order valence-corrected chi connectivity index (χ1v) is 6.37. The molecule has 0 amide bonds. The van der Waals surface area contributed by atoms with Crippen molar-refractivity contribution in [2.75, 3.05) is 23.9 Å². The molecule has 1 rings (SSSR count). The summed E-state index contributed by atoms with van der Waals surface area (Å²) in [6.07, 6.45) is 3.37. The van der Waals surface area contributed by atoms with Crippen molar-refractivity contribution in [3.8, 4) is 0 Å². The van der Waals surface area contributed by atoms with E-state index in [1.165, 1.54) is 0 Å². The number of hydrogen-bond donors (Lipinski definition) is 1. The Morgan fingerprint density at radius 2 is 2.36 bits per heavy atom. The second kappa shape index (κ2) is 5.32. The van der Waals surface area contributed by atoms with Crippen LogP contribution in [0.2, 0.25) is 5.02 Å². The van der Waals surface area contributed by atoms with E-state index in [0.29, 0.717) is 23.1 Å². The summed E-state index contributed by atoms with van der Waals surface area (Å²) in [5.41, 5.74) is 0.988. The first-order valence-electron chi connectivity index (χ1n) is 4.26. The zero-order valence-electron chi connectivity index (χ0n) is 8.21. The first-order chi connectivity index (χ1) is 6.61. The molecule has 5 heteroatoms. The van der Waals surface area contributed by atoms with Crippen LogP contribution in [0.4, 0.5) is 5.82 Å². The Labute approximate surface area is 91.3 Å². The van der Waals surface area contributed by atoms with Crippen molar-refractivity contribution in [1.29, 1.82) is 0 Å². The number of halogens is 1. The number of aryl methyl sites for hydroxylation is 1. The van der Waals surface area contributed by atoms with E-state index in [0.717, 1.165) is 5.56 Å². The van der Waals surface area contributed by atoms with Gasteiger partial charge < -0.3 is 5.32 Å². The van der Waals surface area contributed by atoms with Gasteiger partial charge in [0.1, 0.15) is 5.82 Å². The highest BCUT2D eigenvalue weighted by atomic mass is 35.5. The van der Waals surface area contributed by atoms with Gasteiger partial charge >= 0.3 is 0 Å². The number of anilines is 1. The maximum atomic E-state index is 10.8. The maximum absolute atomic E-state index is 10.8. The van der Waals surface area contributed by atoms with Crippen LogP contribution in [0.5, 0.6) is 0 Å². The zero-order valence-corrected chi connectivity index (χ0v) is 9.78. The molecule has 0 fully saturated rings. The van der Waals surface area contributed by atoms with Crippen LogP contribution in [0.1, 0.15) is 5.56 Å². The quantitative estimate of drug-likeness (QED) is 0.862. The number of rotatable bonds is 4. The van der Waals surface area contributed by atoms with Gasteiger partial charge in [0.15, 0.2) is 0 Å². The number of pyridine rings is 1. The number of hydrogen-bond acceptors (Lipinski definition) is 3. The van der Waals surface area contributed by atoms with Gasteiger partial charge in [-0.3, -0.25) is 4.21 Å². The molecule has 0 spiro atoms. The van der Waals surface area contributed by atoms with Crippen LogP contribution < -0.4 is 5.32 Å². The minimum atomic E-state index is -0.785. The predicted molar refractivity (Wildman–Crippen MR) is 61.4 cm³/mol. The van der Waals surface area contributed by atoms with Crippen molar-refractivity contribution in [3.63, 3.8) is 0 Å². The molecule has 0 saturated carbocycles. The van der Waals surface area contributed by atoms with Crippen molar-refractivity contribution in [2.45, 2.75) is 6.92 Å². The molecule has 0 aliphatic carbocycles. The van der Waals surface area contributed by atoms with Crippen molar-refractivity contribution in [3.05, 3.63) is 22.8 Å². The summed E-state index contributed by atoms with van der Waals surface area (Å²) in [6, 6.07) is 1.85. The second-order valence-electron chi connectivity index (χ2n) is 2.99. The van der Waals surface area contributed by atoms with Crippen molar-refractivity contribution < 1.29 is 4.21 Å². The molecule has 1 atom stereocenters. The highest BCUT2D eigenvalue weighted by Crippen LogP contribution is 2.21. The SMILES string of the molecule is Cc1ccnc(NCCS(C)=O)c1Cl. The lowest BCUT2D eigenvalue weighted by Gasteiger charge is -2.07. The monoisotopic (exact) mass is 232 g/mol. The van der Waals surface area contributed by atoms with E-state index in [4.69, 9.17) is 11.6 Å². The standard InChI is InChI=1S/C9H13ClN2OS/c1-7-3-4-11-9(8(7)10)12-5-6-14(2)13/h3-4H,5-6H2,1-2H3,(H,11,12). The lowest BCUT2D eigenvalue weighted by Crippen LogP contribution is -2.11. The molecule has 1 aromatic heterocycles. The fourth-order valence-electron chi connectivity index (χ4n) is 0.977. The highest BCUT2D eigenvalue weighted by molar-refractivity contribution is 7.84. The van der Waals surface area contributed by atoms with Crippen molar-refractivity contribution in [2.24, 2.45) is 0 Å². The van der Waals surface area contributed by atoms with Crippen LogP contribution in [-0.4, -0.2) is 27.7 Å². The summed E-state index contributed by atoms with van der Waals surface area (Å²) >= 11 is 6.01. The third kappa shape index (κ3) is 3.27. The van der Waals surface area contributed by atoms with E-state index in [1.54, 1.807) is 12.5 Å². The van der Waals surface area contributed by atoms with Crippen molar-refractivity contribution >= 4 is 28.2 Å². The van der Waals surface area contributed by atoms with Gasteiger partial charge in [0.05, 0.1) is 5.02 Å². The summed E-state index contributed by atoms with van der Waals surface area (Å²) in [7, 11) is -0.785. The third-order valence-corrected chi connectivity index (χ3v) is 3.02. The largest absolute Gasteiger partial charge is 0.368 e. The molecular formula is C9H13ClN2OS. The molecule has 1 N–H and O–H groups in total. The average Bonchev–Trinajstić information content (AvgIpc) is 2.12. The molecule has 0 bridgehead atoms. The van der Waals surface area contributed by atoms with Crippen LogP contribution in [0.25, 0.3) is 0 Å². The van der Waals surface area contributed by atoms with Crippen LogP contribution in [0, 0.1) is 6.92 Å². The lowest BCUT2D eigenvalue weighted by molar-refractivity contribution is 0.687. The zero-order chi connectivity index (χ0) is 10.6. The number of aromatic nitrogens is 1. The van der Waals surface area contributed by atoms with E-state index >= 15 is 0 Å². The van der Waals surface area contributed by atoms with Gasteiger partial charge in [0.25, 0.3) is 0 Å². The average molecular weight is 233 g/mol. The number of nitrogens with one attached hydrogen (secondary N) is 1. The van der Waals surface area contributed by atoms with Gasteiger partial charge in [-0.05, 0) is 18.6 Å². The Kier molecular flexibility index (Phi) is 4.35. The van der Waals surface area contributed by atoms with E-state index in [2.05, 4.69) is 10.3 Å². The van der Waals surface area contributed by atoms with E-state index in [1.807, 2.05) is 13.0 Å². The number of nitrogens with zero attached hydrogens (tertiary/aromatic N) is 1. The summed E-state index contributed by atoms with van der Waals surface area (Å²) in [5.74, 6) is 1.27. The molecule has 14 heavy (non-hydrogen) atoms. The molecule has 0 aliphatic rings. The van der Waals surface area contributed by atoms with E-state index in [-0.39, 0.29) is 0 Å². The third-order valence-electron chi connectivity index (χ3n) is 1.76. The minimum absolute atomic E-state index is 0.603. The summed E-state index contributed by atoms with van der Waals surface area (Å²) in [4.78, 5) is 4.09. The Bertz CT molecular complexity index is 344. The summed E-state index contributed by atoms with van der Waals surface area (Å²) in [6.45, 7) is 2.55. The molecule has 0 aromatic carbocycles. The molecule has 0 radical (unpaired) electrons. The Morgan fingerprint density at radius 3 is 3.00 bits per heavy atom. The fourth-order valence-corrected chi connectivity index (χ4v) is 1.54. The highest BCUT2D eigenvalue weighted by Gasteiger charge is 2.03. The van der Waals surface area contributed by atoms with Gasteiger partial charge in [0, 0.05) is 35.5 Å². The maximum Gasteiger partial charge on any atom is 0.145 e. The second-order valence-corrected chi connectivity index (χ2v) is 4.93. The van der Waals surface area contributed by atoms with Crippen LogP contribution >= 0.6 is 11.6 Å². The van der Waals surface area contributed by atoms with Gasteiger partial charge in [-0.25, -0.2) is 4.98 Å². The topological polar surface area (TPSA) is 42.0 Å². The molecule has 0 saturated heterocycles. The molecule has 0 aliphatic heterocycles. The molecular weight excluding hydrogens is 220 g/mol. The van der Waals surface area contributed by atoms with Gasteiger partial charge in [-0.1, -0.05) is 11.6 Å². The fraction of sp³-hybridized carbons (Fsp3) is 0.444. The van der Waals surface area contributed by atoms with Crippen molar-refractivity contribution in [1.82, 2.24) is 4.98 Å². The Morgan fingerprint density at radius 1 is 1.64 bits per heavy atom. The molecule has 1 heterocycles. The molecule has 1 unspecified atom stereocenters. The summed E-state index contributed by atoms with van der Waals surface area (Å²) in [5, 5.41) is 3.68. The van der Waals surface area contributed by atoms with Crippen LogP contribution in [-0.2, 0) is 10.8 Å². The smallest absolute Gasteiger partial charge is 0.145 e. The predicted octanol–water partition coefficient (Wildman–Crippen LogP) is 1.83. The van der Waals surface area contributed by atoms with E-state index in [9.17, 15) is 4.21 Å². The first kappa shape index (κ1) is 11.5. The van der Waals surface area contributed by atoms with Gasteiger partial charge in [-0.2, -0.15) is 0 Å². The van der Waals surface area contributed by atoms with Gasteiger partial charge in [-0.15, -0.1) is 0 Å². The molecule has 3 nitrogen and oxygen atoms in total. The molecule has 1 aromatic rings. The van der Waals surface area contributed by atoms with Gasteiger partial charge in [0.2, 0.25) is 0 Å². The lowest BCUT2D eigenvalue weighted by atomic mass is 10.3. The van der Waals surface area contributed by atoms with E-state index < -0.39 is 10.8 Å².